The highest BCUT2D eigenvalue weighted by molar-refractivity contribution is 5.97. The van der Waals surface area contributed by atoms with E-state index in [1.807, 2.05) is 0 Å². The van der Waals surface area contributed by atoms with Gasteiger partial charge in [0.1, 0.15) is 5.82 Å². The van der Waals surface area contributed by atoms with Crippen LogP contribution in [0.3, 0.4) is 0 Å². The van der Waals surface area contributed by atoms with E-state index < -0.39 is 0 Å². The zero-order chi connectivity index (χ0) is 19.0. The topological polar surface area (TPSA) is 29.1 Å². The molecule has 1 saturated carbocycles. The monoisotopic (exact) mass is 359 g/mol. The third-order valence-corrected chi connectivity index (χ3v) is 5.46. The molecule has 0 aliphatic heterocycles. The summed E-state index contributed by atoms with van der Waals surface area (Å²) in [6.45, 7) is 4.15. The molecule has 0 radical (unpaired) electrons. The Morgan fingerprint density at radius 3 is 2.00 bits per heavy atom. The number of rotatable bonds is 4. The lowest BCUT2D eigenvalue weighted by atomic mass is 9.84. The number of hydrogen-bond donors (Lipinski definition) is 1. The van der Waals surface area contributed by atoms with E-state index in [2.05, 4.69) is 67.7 Å². The van der Waals surface area contributed by atoms with Crippen LogP contribution in [0.4, 0.5) is 10.1 Å². The average molecular weight is 359 g/mol. The number of aryl methyl sites for hydroxylation is 2. The highest BCUT2D eigenvalue weighted by Gasteiger charge is 2.60. The van der Waals surface area contributed by atoms with Crippen LogP contribution in [0.5, 0.6) is 0 Å². The van der Waals surface area contributed by atoms with E-state index in [9.17, 15) is 9.18 Å². The summed E-state index contributed by atoms with van der Waals surface area (Å²) in [5.74, 6) is -0.482. The number of nitrogens with one attached hydrogen (secondary N) is 1. The fraction of sp³-hybridized carbons (Fsp3) is 0.208. The number of carbonyl (C=O) groups excluding carboxylic acids is 1. The van der Waals surface area contributed by atoms with Gasteiger partial charge in [-0.3, -0.25) is 4.79 Å². The second-order valence-electron chi connectivity index (χ2n) is 7.46. The van der Waals surface area contributed by atoms with Crippen LogP contribution in [0, 0.1) is 25.6 Å². The molecule has 4 rings (SSSR count). The molecular weight excluding hydrogens is 337 g/mol. The minimum Gasteiger partial charge on any atom is -0.326 e. The number of amides is 1. The maximum atomic E-state index is 13.1. The molecule has 0 aromatic heterocycles. The first-order chi connectivity index (χ1) is 13.0. The molecule has 1 aliphatic carbocycles. The summed E-state index contributed by atoms with van der Waals surface area (Å²) in [5.41, 5.74) is 5.03. The van der Waals surface area contributed by atoms with Crippen LogP contribution in [-0.2, 0) is 10.2 Å². The molecule has 3 aromatic rings. The van der Waals surface area contributed by atoms with Crippen LogP contribution in [0.25, 0.3) is 0 Å². The van der Waals surface area contributed by atoms with E-state index in [0.29, 0.717) is 5.69 Å². The zero-order valence-electron chi connectivity index (χ0n) is 15.5. The first kappa shape index (κ1) is 17.5. The molecule has 1 aliphatic rings. The van der Waals surface area contributed by atoms with Crippen molar-refractivity contribution in [3.8, 4) is 0 Å². The first-order valence-electron chi connectivity index (χ1n) is 9.20. The van der Waals surface area contributed by atoms with E-state index in [-0.39, 0.29) is 23.1 Å². The number of carbonyl (C=O) groups is 1. The van der Waals surface area contributed by atoms with Gasteiger partial charge >= 0.3 is 0 Å². The number of benzene rings is 3. The summed E-state index contributed by atoms with van der Waals surface area (Å²) in [4.78, 5) is 13.0. The van der Waals surface area contributed by atoms with Gasteiger partial charge in [-0.2, -0.15) is 0 Å². The SMILES string of the molecule is Cc1cccc(C2(c3cccc(C)c3)C[C@H]2C(=O)Nc2ccc(F)cc2)c1. The van der Waals surface area contributed by atoms with Crippen LogP contribution >= 0.6 is 0 Å². The standard InChI is InChI=1S/C24H22FNO/c1-16-5-3-7-18(13-16)24(19-8-4-6-17(2)14-19)15-22(24)23(27)26-21-11-9-20(25)10-12-21/h3-14,22H,15H2,1-2H3,(H,26,27)/t22-/m0/s1. The number of anilines is 1. The molecule has 0 bridgehead atoms. The maximum Gasteiger partial charge on any atom is 0.228 e. The van der Waals surface area contributed by atoms with Gasteiger partial charge in [0, 0.05) is 11.1 Å². The summed E-state index contributed by atoms with van der Waals surface area (Å²) < 4.78 is 13.1. The molecule has 1 atom stereocenters. The smallest absolute Gasteiger partial charge is 0.228 e. The molecule has 3 heteroatoms. The van der Waals surface area contributed by atoms with Crippen LogP contribution in [0.1, 0.15) is 28.7 Å². The minimum atomic E-state index is -0.312. The van der Waals surface area contributed by atoms with E-state index >= 15 is 0 Å². The lowest BCUT2D eigenvalue weighted by molar-refractivity contribution is -0.117. The fourth-order valence-electron chi connectivity index (χ4n) is 3.99. The van der Waals surface area contributed by atoms with Gasteiger partial charge in [0.25, 0.3) is 0 Å². The van der Waals surface area contributed by atoms with Gasteiger partial charge in [-0.15, -0.1) is 0 Å². The van der Waals surface area contributed by atoms with Gasteiger partial charge in [0.05, 0.1) is 5.92 Å². The Labute approximate surface area is 159 Å². The van der Waals surface area contributed by atoms with Gasteiger partial charge in [-0.05, 0) is 55.7 Å². The largest absolute Gasteiger partial charge is 0.326 e. The van der Waals surface area contributed by atoms with Crippen molar-refractivity contribution in [2.75, 3.05) is 5.32 Å². The third kappa shape index (κ3) is 3.25. The molecule has 1 N–H and O–H groups in total. The Hall–Kier alpha value is -2.94. The van der Waals surface area contributed by atoms with Gasteiger partial charge in [-0.25, -0.2) is 4.39 Å². The van der Waals surface area contributed by atoms with Crippen LogP contribution in [0.2, 0.25) is 0 Å². The van der Waals surface area contributed by atoms with Gasteiger partial charge in [0.2, 0.25) is 5.91 Å². The predicted molar refractivity (Wildman–Crippen MR) is 106 cm³/mol. The van der Waals surface area contributed by atoms with Crippen molar-refractivity contribution in [2.24, 2.45) is 5.92 Å². The quantitative estimate of drug-likeness (QED) is 0.665. The highest BCUT2D eigenvalue weighted by Crippen LogP contribution is 2.59. The number of halogens is 1. The van der Waals surface area contributed by atoms with Crippen molar-refractivity contribution in [3.05, 3.63) is 101 Å². The zero-order valence-corrected chi connectivity index (χ0v) is 15.5. The Bertz CT molecular complexity index is 948. The highest BCUT2D eigenvalue weighted by atomic mass is 19.1. The Balaban J connectivity index is 1.69. The molecule has 0 heterocycles. The van der Waals surface area contributed by atoms with Crippen molar-refractivity contribution in [1.29, 1.82) is 0 Å². The maximum absolute atomic E-state index is 13.1. The summed E-state index contributed by atoms with van der Waals surface area (Å²) >= 11 is 0. The lowest BCUT2D eigenvalue weighted by Gasteiger charge is -2.20. The Morgan fingerprint density at radius 1 is 0.926 bits per heavy atom. The van der Waals surface area contributed by atoms with Gasteiger partial charge < -0.3 is 5.32 Å². The van der Waals surface area contributed by atoms with Crippen molar-refractivity contribution in [2.45, 2.75) is 25.7 Å². The van der Waals surface area contributed by atoms with Gasteiger partial charge in [0.15, 0.2) is 0 Å². The molecule has 136 valence electrons. The van der Waals surface area contributed by atoms with Crippen LogP contribution in [-0.4, -0.2) is 5.91 Å². The second-order valence-corrected chi connectivity index (χ2v) is 7.46. The van der Waals surface area contributed by atoms with Crippen molar-refractivity contribution >= 4 is 11.6 Å². The second kappa shape index (κ2) is 6.66. The summed E-state index contributed by atoms with van der Waals surface area (Å²) in [6.07, 6.45) is 0.771. The molecule has 0 saturated heterocycles. The van der Waals surface area contributed by atoms with Crippen LogP contribution < -0.4 is 5.32 Å². The molecule has 27 heavy (non-hydrogen) atoms. The van der Waals surface area contributed by atoms with Crippen LogP contribution in [0.15, 0.2) is 72.8 Å². The van der Waals surface area contributed by atoms with Gasteiger partial charge in [-0.1, -0.05) is 59.7 Å². The summed E-state index contributed by atoms with van der Waals surface area (Å²) in [6, 6.07) is 22.7. The molecule has 2 nitrogen and oxygen atoms in total. The summed E-state index contributed by atoms with van der Waals surface area (Å²) in [7, 11) is 0. The van der Waals surface area contributed by atoms with E-state index in [4.69, 9.17) is 0 Å². The predicted octanol–water partition coefficient (Wildman–Crippen LogP) is 5.39. The van der Waals surface area contributed by atoms with Crippen molar-refractivity contribution in [3.63, 3.8) is 0 Å². The number of hydrogen-bond acceptors (Lipinski definition) is 1. The van der Waals surface area contributed by atoms with Crippen molar-refractivity contribution < 1.29 is 9.18 Å². The van der Waals surface area contributed by atoms with Crippen molar-refractivity contribution in [1.82, 2.24) is 0 Å². The molecular formula is C24H22FNO. The van der Waals surface area contributed by atoms with E-state index in [1.54, 1.807) is 12.1 Å². The third-order valence-electron chi connectivity index (χ3n) is 5.46. The Kier molecular flexibility index (Phi) is 4.31. The minimum absolute atomic E-state index is 0.0235. The first-order valence-corrected chi connectivity index (χ1v) is 9.20. The summed E-state index contributed by atoms with van der Waals surface area (Å²) in [5, 5.41) is 2.95. The van der Waals surface area contributed by atoms with E-state index in [1.165, 1.54) is 34.4 Å². The Morgan fingerprint density at radius 2 is 1.48 bits per heavy atom. The average Bonchev–Trinajstić information content (AvgIpc) is 3.41. The fourth-order valence-corrected chi connectivity index (χ4v) is 3.99. The molecule has 0 unspecified atom stereocenters. The molecule has 1 amide bonds. The molecule has 0 spiro atoms. The molecule has 3 aromatic carbocycles. The lowest BCUT2D eigenvalue weighted by Crippen LogP contribution is -2.22. The van der Waals surface area contributed by atoms with E-state index in [0.717, 1.165) is 6.42 Å². The normalized spacial score (nSPS) is 17.4. The molecule has 1 fully saturated rings.